The Morgan fingerprint density at radius 3 is 2.67 bits per heavy atom. The topological polar surface area (TPSA) is 64.9 Å². The van der Waals surface area contributed by atoms with Crippen LogP contribution in [-0.4, -0.2) is 32.5 Å². The van der Waals surface area contributed by atoms with Crippen LogP contribution in [0.2, 0.25) is 0 Å². The second-order valence-corrected chi connectivity index (χ2v) is 7.57. The molecule has 3 aromatic rings. The Kier molecular flexibility index (Phi) is 9.06. The minimum atomic E-state index is 0. The molecule has 9 heteroatoms. The number of aromatic nitrogens is 4. The first kappa shape index (κ1) is 21.7. The molecule has 144 valence electrons. The Balaban J connectivity index is 0.00000261. The molecule has 1 aromatic heterocycles. The van der Waals surface area contributed by atoms with Gasteiger partial charge in [0.2, 0.25) is 5.16 Å². The van der Waals surface area contributed by atoms with Crippen LogP contribution in [0.3, 0.4) is 0 Å². The van der Waals surface area contributed by atoms with Gasteiger partial charge in [0.15, 0.2) is 0 Å². The molecule has 0 atom stereocenters. The maximum absolute atomic E-state index is 5.88. The number of ether oxygens (including phenoxy) is 1. The van der Waals surface area contributed by atoms with Gasteiger partial charge in [-0.1, -0.05) is 48.2 Å². The number of rotatable bonds is 9. The van der Waals surface area contributed by atoms with E-state index in [2.05, 4.69) is 61.0 Å². The van der Waals surface area contributed by atoms with Crippen molar-refractivity contribution in [3.05, 3.63) is 64.1 Å². The Labute approximate surface area is 177 Å². The number of aryl methyl sites for hydroxylation is 1. The van der Waals surface area contributed by atoms with Gasteiger partial charge >= 0.3 is 0 Å². The fraction of sp³-hybridized carbons (Fsp3) is 0.278. The van der Waals surface area contributed by atoms with Gasteiger partial charge < -0.3 is 10.1 Å². The molecule has 27 heavy (non-hydrogen) atoms. The average Bonchev–Trinajstić information content (AvgIpc) is 3.06. The van der Waals surface area contributed by atoms with Gasteiger partial charge in [0, 0.05) is 25.9 Å². The number of nitrogens with zero attached hydrogens (tertiary/aromatic N) is 4. The standard InChI is InChI=1S/C18H20BrN5OS.ClH/c1-24-18(21-22-23-24)26-10-9-20-12-15-7-8-17(16(19)11-15)25-13-14-5-3-2-4-6-14;/h2-8,11,20H,9-10,12-13H2,1H3;1H. The zero-order chi connectivity index (χ0) is 18.2. The molecule has 0 amide bonds. The van der Waals surface area contributed by atoms with Gasteiger partial charge in [-0.15, -0.1) is 17.5 Å². The normalized spacial score (nSPS) is 10.4. The number of thioether (sulfide) groups is 1. The van der Waals surface area contributed by atoms with Crippen LogP contribution in [0.15, 0.2) is 58.2 Å². The van der Waals surface area contributed by atoms with E-state index in [4.69, 9.17) is 4.74 Å². The Bertz CT molecular complexity index is 834. The zero-order valence-corrected chi connectivity index (χ0v) is 18.1. The molecule has 0 bridgehead atoms. The summed E-state index contributed by atoms with van der Waals surface area (Å²) in [5.74, 6) is 1.76. The molecule has 0 spiro atoms. The molecular weight excluding hydrogens is 450 g/mol. The van der Waals surface area contributed by atoms with Gasteiger partial charge in [0.05, 0.1) is 4.47 Å². The first-order valence-electron chi connectivity index (χ1n) is 8.23. The van der Waals surface area contributed by atoms with Crippen molar-refractivity contribution in [3.63, 3.8) is 0 Å². The third-order valence-electron chi connectivity index (χ3n) is 3.65. The number of halogens is 2. The molecule has 6 nitrogen and oxygen atoms in total. The van der Waals surface area contributed by atoms with Crippen LogP contribution in [0.5, 0.6) is 5.75 Å². The molecule has 2 aromatic carbocycles. The summed E-state index contributed by atoms with van der Waals surface area (Å²) in [4.78, 5) is 0. The SMILES string of the molecule is Cl.Cn1nnnc1SCCNCc1ccc(OCc2ccccc2)c(Br)c1. The molecule has 0 saturated carbocycles. The summed E-state index contributed by atoms with van der Waals surface area (Å²) in [6, 6.07) is 16.3. The minimum absolute atomic E-state index is 0. The van der Waals surface area contributed by atoms with Gasteiger partial charge in [-0.3, -0.25) is 0 Å². The van der Waals surface area contributed by atoms with Crippen molar-refractivity contribution in [1.82, 2.24) is 25.5 Å². The van der Waals surface area contributed by atoms with E-state index >= 15 is 0 Å². The second-order valence-electron chi connectivity index (χ2n) is 5.65. The van der Waals surface area contributed by atoms with E-state index in [0.29, 0.717) is 6.61 Å². The summed E-state index contributed by atoms with van der Waals surface area (Å²) in [5, 5.41) is 15.6. The summed E-state index contributed by atoms with van der Waals surface area (Å²) in [5.41, 5.74) is 2.36. The average molecular weight is 471 g/mol. The molecule has 0 aliphatic rings. The Morgan fingerprint density at radius 2 is 1.96 bits per heavy atom. The Hall–Kier alpha value is -1.61. The van der Waals surface area contributed by atoms with E-state index in [1.54, 1.807) is 16.4 Å². The number of tetrazole rings is 1. The first-order chi connectivity index (χ1) is 12.7. The molecule has 0 unspecified atom stereocenters. The summed E-state index contributed by atoms with van der Waals surface area (Å²) >= 11 is 5.23. The van der Waals surface area contributed by atoms with Crippen molar-refractivity contribution in [2.45, 2.75) is 18.3 Å². The maximum Gasteiger partial charge on any atom is 0.209 e. The lowest BCUT2D eigenvalue weighted by atomic mass is 10.2. The summed E-state index contributed by atoms with van der Waals surface area (Å²) in [6.45, 7) is 2.24. The van der Waals surface area contributed by atoms with Crippen molar-refractivity contribution in [2.75, 3.05) is 12.3 Å². The highest BCUT2D eigenvalue weighted by Crippen LogP contribution is 2.26. The summed E-state index contributed by atoms with van der Waals surface area (Å²) in [6.07, 6.45) is 0. The van der Waals surface area contributed by atoms with Gasteiger partial charge in [0.1, 0.15) is 12.4 Å². The van der Waals surface area contributed by atoms with Crippen molar-refractivity contribution < 1.29 is 4.74 Å². The Morgan fingerprint density at radius 1 is 1.15 bits per heavy atom. The van der Waals surface area contributed by atoms with E-state index < -0.39 is 0 Å². The lowest BCUT2D eigenvalue weighted by Gasteiger charge is -2.10. The second kappa shape index (κ2) is 11.3. The van der Waals surface area contributed by atoms with Crippen LogP contribution in [0.4, 0.5) is 0 Å². The van der Waals surface area contributed by atoms with E-state index in [-0.39, 0.29) is 12.4 Å². The highest BCUT2D eigenvalue weighted by atomic mass is 79.9. The molecule has 1 N–H and O–H groups in total. The van der Waals surface area contributed by atoms with E-state index in [0.717, 1.165) is 39.8 Å². The van der Waals surface area contributed by atoms with Gasteiger partial charge in [-0.05, 0) is 49.6 Å². The summed E-state index contributed by atoms with van der Waals surface area (Å²) < 4.78 is 8.52. The number of benzene rings is 2. The fourth-order valence-electron chi connectivity index (χ4n) is 2.30. The minimum Gasteiger partial charge on any atom is -0.488 e. The molecule has 0 aliphatic heterocycles. The molecule has 1 heterocycles. The predicted octanol–water partition coefficient (Wildman–Crippen LogP) is 3.86. The van der Waals surface area contributed by atoms with Crippen LogP contribution < -0.4 is 10.1 Å². The van der Waals surface area contributed by atoms with Crippen molar-refractivity contribution in [1.29, 1.82) is 0 Å². The molecule has 3 rings (SSSR count). The van der Waals surface area contributed by atoms with Crippen LogP contribution in [0.25, 0.3) is 0 Å². The zero-order valence-electron chi connectivity index (χ0n) is 14.8. The molecule has 0 radical (unpaired) electrons. The van der Waals surface area contributed by atoms with Crippen molar-refractivity contribution in [3.8, 4) is 5.75 Å². The number of hydrogen-bond acceptors (Lipinski definition) is 6. The van der Waals surface area contributed by atoms with Crippen LogP contribution in [0, 0.1) is 0 Å². The van der Waals surface area contributed by atoms with Gasteiger partial charge in [-0.2, -0.15) is 0 Å². The lowest BCUT2D eigenvalue weighted by molar-refractivity contribution is 0.304. The molecular formula is C18H21BrClN5OS. The van der Waals surface area contributed by atoms with Crippen molar-refractivity contribution >= 4 is 40.1 Å². The molecule has 0 saturated heterocycles. The highest BCUT2D eigenvalue weighted by Gasteiger charge is 2.05. The monoisotopic (exact) mass is 469 g/mol. The predicted molar refractivity (Wildman–Crippen MR) is 113 cm³/mol. The third-order valence-corrected chi connectivity index (χ3v) is 5.29. The number of hydrogen-bond donors (Lipinski definition) is 1. The van der Waals surface area contributed by atoms with E-state index in [9.17, 15) is 0 Å². The number of nitrogens with one attached hydrogen (secondary N) is 1. The van der Waals surface area contributed by atoms with Crippen LogP contribution in [-0.2, 0) is 20.2 Å². The fourth-order valence-corrected chi connectivity index (χ4v) is 3.58. The van der Waals surface area contributed by atoms with E-state index in [1.807, 2.05) is 31.3 Å². The van der Waals surface area contributed by atoms with E-state index in [1.165, 1.54) is 5.56 Å². The third kappa shape index (κ3) is 6.80. The lowest BCUT2D eigenvalue weighted by Crippen LogP contribution is -2.16. The smallest absolute Gasteiger partial charge is 0.209 e. The molecule has 0 fully saturated rings. The van der Waals surface area contributed by atoms with Crippen LogP contribution >= 0.6 is 40.1 Å². The van der Waals surface area contributed by atoms with Gasteiger partial charge in [-0.25, -0.2) is 4.68 Å². The van der Waals surface area contributed by atoms with Gasteiger partial charge in [0.25, 0.3) is 0 Å². The maximum atomic E-state index is 5.88. The summed E-state index contributed by atoms with van der Waals surface area (Å²) in [7, 11) is 1.84. The first-order valence-corrected chi connectivity index (χ1v) is 10.0. The van der Waals surface area contributed by atoms with Crippen LogP contribution in [0.1, 0.15) is 11.1 Å². The molecule has 0 aliphatic carbocycles. The highest BCUT2D eigenvalue weighted by molar-refractivity contribution is 9.10. The largest absolute Gasteiger partial charge is 0.488 e. The quantitative estimate of drug-likeness (QED) is 0.378. The van der Waals surface area contributed by atoms with Crippen molar-refractivity contribution in [2.24, 2.45) is 7.05 Å².